The zero-order valence-electron chi connectivity index (χ0n) is 8.77. The number of unbranched alkanes of at least 4 members (excludes halogenated alkanes) is 1. The van der Waals surface area contributed by atoms with Crippen LogP contribution in [0.25, 0.3) is 0 Å². The van der Waals surface area contributed by atoms with E-state index in [0.29, 0.717) is 0 Å². The fraction of sp³-hybridized carbons (Fsp3) is 0.500. The first kappa shape index (κ1) is 10.4. The molecule has 0 aliphatic rings. The van der Waals surface area contributed by atoms with Crippen molar-refractivity contribution < 1.29 is 0 Å². The first-order valence-corrected chi connectivity index (χ1v) is 5.07. The van der Waals surface area contributed by atoms with Crippen LogP contribution in [0.3, 0.4) is 0 Å². The van der Waals surface area contributed by atoms with Crippen molar-refractivity contribution in [3.63, 3.8) is 0 Å². The highest BCUT2D eigenvalue weighted by Crippen LogP contribution is 2.04. The quantitative estimate of drug-likeness (QED) is 0.511. The lowest BCUT2D eigenvalue weighted by molar-refractivity contribution is 0.690. The smallest absolute Gasteiger partial charge is 0.239 e. The van der Waals surface area contributed by atoms with E-state index in [9.17, 15) is 0 Å². The van der Waals surface area contributed by atoms with E-state index in [1.54, 1.807) is 0 Å². The van der Waals surface area contributed by atoms with E-state index >= 15 is 0 Å². The van der Waals surface area contributed by atoms with Gasteiger partial charge in [0.15, 0.2) is 0 Å². The van der Waals surface area contributed by atoms with Gasteiger partial charge in [-0.2, -0.15) is 9.97 Å². The van der Waals surface area contributed by atoms with Crippen molar-refractivity contribution in [2.45, 2.75) is 25.7 Å². The van der Waals surface area contributed by atoms with E-state index in [0.717, 1.165) is 37.3 Å². The molecule has 6 N–H and O–H groups in total. The summed E-state index contributed by atoms with van der Waals surface area (Å²) in [4.78, 5) is 8.03. The molecule has 0 unspecified atom stereocenters. The zero-order chi connectivity index (χ0) is 11.4. The molecule has 0 aliphatic heterocycles. The Balaban J connectivity index is 1.69. The molecule has 0 spiro atoms. The highest BCUT2D eigenvalue weighted by Gasteiger charge is 2.01. The first-order valence-electron chi connectivity index (χ1n) is 5.07. The summed E-state index contributed by atoms with van der Waals surface area (Å²) in [5.41, 5.74) is 10.8. The molecular weight excluding hydrogens is 208 g/mol. The standard InChI is InChI=1S/C8H14N8/c9-7-11-5(13-15-7)3-1-2-4-6-12-8(10)16-14-6/h1-4H2,(H3,9,11,13,15)(H3,10,12,14,16). The summed E-state index contributed by atoms with van der Waals surface area (Å²) < 4.78 is 0. The summed E-state index contributed by atoms with van der Waals surface area (Å²) in [5.74, 6) is 2.21. The van der Waals surface area contributed by atoms with Crippen LogP contribution in [-0.2, 0) is 12.8 Å². The molecule has 0 bridgehead atoms. The SMILES string of the molecule is Nc1n[nH]c(CCCCc2nc(N)n[nH]2)n1. The number of hydrogen-bond donors (Lipinski definition) is 4. The number of hydrogen-bond acceptors (Lipinski definition) is 6. The van der Waals surface area contributed by atoms with Crippen molar-refractivity contribution >= 4 is 11.9 Å². The van der Waals surface area contributed by atoms with Crippen LogP contribution in [0, 0.1) is 0 Å². The van der Waals surface area contributed by atoms with Gasteiger partial charge in [0, 0.05) is 12.8 Å². The summed E-state index contributed by atoms with van der Waals surface area (Å²) >= 11 is 0. The summed E-state index contributed by atoms with van der Waals surface area (Å²) in [6.07, 6.45) is 3.62. The molecule has 2 rings (SSSR count). The van der Waals surface area contributed by atoms with Crippen LogP contribution < -0.4 is 11.5 Å². The normalized spacial score (nSPS) is 10.8. The van der Waals surface area contributed by atoms with E-state index in [4.69, 9.17) is 11.5 Å². The largest absolute Gasteiger partial charge is 0.367 e. The maximum Gasteiger partial charge on any atom is 0.239 e. The third kappa shape index (κ3) is 2.69. The molecule has 0 fully saturated rings. The third-order valence-corrected chi connectivity index (χ3v) is 2.18. The Kier molecular flexibility index (Phi) is 2.99. The molecule has 2 heterocycles. The molecule has 16 heavy (non-hydrogen) atoms. The fourth-order valence-corrected chi connectivity index (χ4v) is 1.43. The third-order valence-electron chi connectivity index (χ3n) is 2.18. The maximum atomic E-state index is 5.39. The molecule has 0 saturated heterocycles. The Bertz CT molecular complexity index is 402. The van der Waals surface area contributed by atoms with Gasteiger partial charge in [0.25, 0.3) is 0 Å². The number of H-pyrrole nitrogens is 2. The summed E-state index contributed by atoms with van der Waals surface area (Å²) in [6, 6.07) is 0. The van der Waals surface area contributed by atoms with Crippen LogP contribution in [-0.4, -0.2) is 30.4 Å². The van der Waals surface area contributed by atoms with Crippen LogP contribution in [0.5, 0.6) is 0 Å². The van der Waals surface area contributed by atoms with E-state index in [1.807, 2.05) is 0 Å². The van der Waals surface area contributed by atoms with Gasteiger partial charge in [-0.15, -0.1) is 10.2 Å². The number of nitrogens with two attached hydrogens (primary N) is 2. The van der Waals surface area contributed by atoms with Crippen LogP contribution in [0.4, 0.5) is 11.9 Å². The van der Waals surface area contributed by atoms with Gasteiger partial charge in [-0.05, 0) is 12.8 Å². The van der Waals surface area contributed by atoms with Crippen molar-refractivity contribution in [2.24, 2.45) is 0 Å². The number of rotatable bonds is 5. The Morgan fingerprint density at radius 3 is 1.56 bits per heavy atom. The molecule has 0 aliphatic carbocycles. The second kappa shape index (κ2) is 4.60. The average molecular weight is 222 g/mol. The monoisotopic (exact) mass is 222 g/mol. The van der Waals surface area contributed by atoms with Gasteiger partial charge in [-0.3, -0.25) is 10.2 Å². The van der Waals surface area contributed by atoms with Crippen LogP contribution >= 0.6 is 0 Å². The van der Waals surface area contributed by atoms with Crippen molar-refractivity contribution in [3.8, 4) is 0 Å². The number of nitrogens with zero attached hydrogens (tertiary/aromatic N) is 4. The van der Waals surface area contributed by atoms with Gasteiger partial charge in [0.2, 0.25) is 11.9 Å². The van der Waals surface area contributed by atoms with Gasteiger partial charge in [-0.25, -0.2) is 0 Å². The van der Waals surface area contributed by atoms with Gasteiger partial charge in [0.1, 0.15) is 11.6 Å². The van der Waals surface area contributed by atoms with E-state index in [1.165, 1.54) is 0 Å². The van der Waals surface area contributed by atoms with Crippen molar-refractivity contribution in [3.05, 3.63) is 11.6 Å². The molecule has 86 valence electrons. The molecule has 2 aromatic heterocycles. The summed E-state index contributed by atoms with van der Waals surface area (Å²) in [6.45, 7) is 0. The highest BCUT2D eigenvalue weighted by atomic mass is 15.3. The van der Waals surface area contributed by atoms with Gasteiger partial charge in [0.05, 0.1) is 0 Å². The van der Waals surface area contributed by atoms with Gasteiger partial charge < -0.3 is 11.5 Å². The Morgan fingerprint density at radius 1 is 0.812 bits per heavy atom. The number of aromatic amines is 2. The average Bonchev–Trinajstić information content (AvgIpc) is 2.83. The van der Waals surface area contributed by atoms with Crippen LogP contribution in [0.1, 0.15) is 24.5 Å². The Morgan fingerprint density at radius 2 is 1.25 bits per heavy atom. The second-order valence-electron chi connectivity index (χ2n) is 3.49. The predicted molar refractivity (Wildman–Crippen MR) is 58.2 cm³/mol. The minimum Gasteiger partial charge on any atom is -0.367 e. The number of aryl methyl sites for hydroxylation is 2. The minimum atomic E-state index is 0.290. The predicted octanol–water partition coefficient (Wildman–Crippen LogP) is -0.347. The van der Waals surface area contributed by atoms with Gasteiger partial charge in [-0.1, -0.05) is 0 Å². The van der Waals surface area contributed by atoms with Crippen LogP contribution in [0.2, 0.25) is 0 Å². The topological polar surface area (TPSA) is 135 Å². The Hall–Kier alpha value is -2.12. The second-order valence-corrected chi connectivity index (χ2v) is 3.49. The van der Waals surface area contributed by atoms with Crippen LogP contribution in [0.15, 0.2) is 0 Å². The summed E-state index contributed by atoms with van der Waals surface area (Å²) in [7, 11) is 0. The molecule has 0 atom stereocenters. The molecule has 8 nitrogen and oxygen atoms in total. The molecule has 2 aromatic rings. The fourth-order valence-electron chi connectivity index (χ4n) is 1.43. The Labute approximate surface area is 91.9 Å². The molecule has 8 heteroatoms. The number of nitrogen functional groups attached to an aromatic ring is 2. The molecule has 0 radical (unpaired) electrons. The number of aromatic nitrogens is 6. The lowest BCUT2D eigenvalue weighted by Gasteiger charge is -1.95. The number of nitrogens with one attached hydrogen (secondary N) is 2. The minimum absolute atomic E-state index is 0.290. The van der Waals surface area contributed by atoms with Crippen molar-refractivity contribution in [2.75, 3.05) is 11.5 Å². The highest BCUT2D eigenvalue weighted by molar-refractivity contribution is 5.13. The summed E-state index contributed by atoms with van der Waals surface area (Å²) in [5, 5.41) is 13.0. The molecule has 0 saturated carbocycles. The molecule has 0 amide bonds. The van der Waals surface area contributed by atoms with E-state index in [-0.39, 0.29) is 11.9 Å². The number of anilines is 2. The first-order chi connectivity index (χ1) is 7.74. The molecular formula is C8H14N8. The van der Waals surface area contributed by atoms with Crippen molar-refractivity contribution in [1.82, 2.24) is 30.4 Å². The zero-order valence-corrected chi connectivity index (χ0v) is 8.77. The van der Waals surface area contributed by atoms with Gasteiger partial charge >= 0.3 is 0 Å². The molecule has 0 aromatic carbocycles. The lowest BCUT2D eigenvalue weighted by atomic mass is 10.2. The lowest BCUT2D eigenvalue weighted by Crippen LogP contribution is -1.93. The van der Waals surface area contributed by atoms with E-state index in [2.05, 4.69) is 30.4 Å². The maximum absolute atomic E-state index is 5.39. The van der Waals surface area contributed by atoms with Crippen molar-refractivity contribution in [1.29, 1.82) is 0 Å². The van der Waals surface area contributed by atoms with E-state index < -0.39 is 0 Å².